The lowest BCUT2D eigenvalue weighted by Crippen LogP contribution is -1.99. The van der Waals surface area contributed by atoms with Gasteiger partial charge >= 0.3 is 0 Å². The summed E-state index contributed by atoms with van der Waals surface area (Å²) in [5.41, 5.74) is 2.57. The first-order chi connectivity index (χ1) is 7.31. The molecule has 0 aromatic heterocycles. The zero-order chi connectivity index (χ0) is 10.7. The van der Waals surface area contributed by atoms with Gasteiger partial charge < -0.3 is 9.47 Å². The lowest BCUT2D eigenvalue weighted by atomic mass is 10.0. The molecule has 0 fully saturated rings. The summed E-state index contributed by atoms with van der Waals surface area (Å²) in [6, 6.07) is 6.39. The fourth-order valence-corrected chi connectivity index (χ4v) is 1.92. The molecule has 0 saturated heterocycles. The van der Waals surface area contributed by atoms with E-state index in [-0.39, 0.29) is 6.10 Å². The van der Waals surface area contributed by atoms with Gasteiger partial charge in [-0.1, -0.05) is 6.07 Å². The van der Waals surface area contributed by atoms with Gasteiger partial charge in [-0.3, -0.25) is 0 Å². The predicted molar refractivity (Wildman–Crippen MR) is 60.3 cm³/mol. The second-order valence-corrected chi connectivity index (χ2v) is 4.05. The molecular formula is C13H18O2. The van der Waals surface area contributed by atoms with Crippen molar-refractivity contribution in [1.82, 2.24) is 0 Å². The van der Waals surface area contributed by atoms with Crippen LogP contribution >= 0.6 is 0 Å². The first-order valence-corrected chi connectivity index (χ1v) is 5.59. The molecule has 1 atom stereocenters. The van der Waals surface area contributed by atoms with E-state index in [2.05, 4.69) is 25.1 Å². The normalized spacial score (nSPS) is 17.5. The molecule has 82 valence electrons. The van der Waals surface area contributed by atoms with Crippen molar-refractivity contribution in [3.63, 3.8) is 0 Å². The average molecular weight is 206 g/mol. The van der Waals surface area contributed by atoms with Gasteiger partial charge in [0.05, 0.1) is 12.7 Å². The molecule has 2 rings (SSSR count). The van der Waals surface area contributed by atoms with Crippen LogP contribution in [0.1, 0.15) is 37.0 Å². The van der Waals surface area contributed by atoms with E-state index < -0.39 is 0 Å². The van der Waals surface area contributed by atoms with E-state index >= 15 is 0 Å². The minimum atomic E-state index is 0.165. The van der Waals surface area contributed by atoms with Gasteiger partial charge in [0.1, 0.15) is 5.75 Å². The van der Waals surface area contributed by atoms with Gasteiger partial charge in [-0.2, -0.15) is 0 Å². The van der Waals surface area contributed by atoms with Gasteiger partial charge in [0.15, 0.2) is 0 Å². The maximum absolute atomic E-state index is 5.68. The summed E-state index contributed by atoms with van der Waals surface area (Å²) >= 11 is 0. The van der Waals surface area contributed by atoms with Crippen LogP contribution in [-0.4, -0.2) is 13.7 Å². The summed E-state index contributed by atoms with van der Waals surface area (Å²) in [5, 5.41) is 0. The molecule has 2 nitrogen and oxygen atoms in total. The van der Waals surface area contributed by atoms with Crippen molar-refractivity contribution in [2.24, 2.45) is 0 Å². The fraction of sp³-hybridized carbons (Fsp3) is 0.538. The van der Waals surface area contributed by atoms with Crippen LogP contribution in [0.15, 0.2) is 18.2 Å². The summed E-state index contributed by atoms with van der Waals surface area (Å²) in [6.07, 6.45) is 3.67. The van der Waals surface area contributed by atoms with Crippen LogP contribution in [0.4, 0.5) is 0 Å². The van der Waals surface area contributed by atoms with Crippen molar-refractivity contribution < 1.29 is 9.47 Å². The summed E-state index contributed by atoms with van der Waals surface area (Å²) in [4.78, 5) is 0. The third kappa shape index (κ3) is 2.32. The third-order valence-corrected chi connectivity index (χ3v) is 3.01. The lowest BCUT2D eigenvalue weighted by molar-refractivity contribution is 0.119. The molecule has 1 heterocycles. The van der Waals surface area contributed by atoms with Gasteiger partial charge in [-0.15, -0.1) is 0 Å². The number of methoxy groups -OCH3 is 1. The van der Waals surface area contributed by atoms with Crippen molar-refractivity contribution in [3.8, 4) is 5.75 Å². The molecule has 0 saturated carbocycles. The van der Waals surface area contributed by atoms with Crippen LogP contribution < -0.4 is 4.74 Å². The molecule has 1 unspecified atom stereocenters. The smallest absolute Gasteiger partial charge is 0.122 e. The van der Waals surface area contributed by atoms with Gasteiger partial charge in [0, 0.05) is 7.11 Å². The van der Waals surface area contributed by atoms with E-state index in [9.17, 15) is 0 Å². The number of fused-ring (bicyclic) bond motifs is 1. The van der Waals surface area contributed by atoms with Crippen molar-refractivity contribution >= 4 is 0 Å². The van der Waals surface area contributed by atoms with Crippen molar-refractivity contribution in [2.75, 3.05) is 13.7 Å². The Morgan fingerprint density at radius 3 is 3.00 bits per heavy atom. The largest absolute Gasteiger partial charge is 0.493 e. The van der Waals surface area contributed by atoms with Gasteiger partial charge in [-0.05, 0) is 49.4 Å². The molecular weight excluding hydrogens is 188 g/mol. The quantitative estimate of drug-likeness (QED) is 0.740. The number of rotatable bonds is 2. The van der Waals surface area contributed by atoms with E-state index in [0.29, 0.717) is 0 Å². The van der Waals surface area contributed by atoms with Gasteiger partial charge in [0.25, 0.3) is 0 Å². The van der Waals surface area contributed by atoms with Crippen molar-refractivity contribution in [1.29, 1.82) is 0 Å². The SMILES string of the molecule is COC(C)c1ccc2c(c1)CCCCO2. The zero-order valence-corrected chi connectivity index (χ0v) is 9.45. The highest BCUT2D eigenvalue weighted by molar-refractivity contribution is 5.38. The molecule has 1 aromatic rings. The molecule has 2 heteroatoms. The second kappa shape index (κ2) is 4.67. The van der Waals surface area contributed by atoms with Gasteiger partial charge in [0.2, 0.25) is 0 Å². The van der Waals surface area contributed by atoms with Crippen LogP contribution in [0.25, 0.3) is 0 Å². The van der Waals surface area contributed by atoms with Crippen LogP contribution in [0, 0.1) is 0 Å². The summed E-state index contributed by atoms with van der Waals surface area (Å²) < 4.78 is 11.0. The molecule has 1 aromatic carbocycles. The molecule has 0 bridgehead atoms. The lowest BCUT2D eigenvalue weighted by Gasteiger charge is -2.13. The van der Waals surface area contributed by atoms with Crippen molar-refractivity contribution in [3.05, 3.63) is 29.3 Å². The summed E-state index contributed by atoms with van der Waals surface area (Å²) in [7, 11) is 1.74. The van der Waals surface area contributed by atoms with Crippen LogP contribution in [0.5, 0.6) is 5.75 Å². The van der Waals surface area contributed by atoms with E-state index in [0.717, 1.165) is 25.2 Å². The molecule has 0 radical (unpaired) electrons. The Morgan fingerprint density at radius 1 is 1.33 bits per heavy atom. The molecule has 0 N–H and O–H groups in total. The fourth-order valence-electron chi connectivity index (χ4n) is 1.92. The molecule has 0 spiro atoms. The maximum atomic E-state index is 5.68. The number of hydrogen-bond donors (Lipinski definition) is 0. The summed E-state index contributed by atoms with van der Waals surface area (Å²) in [6.45, 7) is 2.92. The highest BCUT2D eigenvalue weighted by atomic mass is 16.5. The molecule has 15 heavy (non-hydrogen) atoms. The Hall–Kier alpha value is -1.02. The number of aryl methyl sites for hydroxylation is 1. The highest BCUT2D eigenvalue weighted by Crippen LogP contribution is 2.28. The summed E-state index contributed by atoms with van der Waals surface area (Å²) in [5.74, 6) is 1.06. The predicted octanol–water partition coefficient (Wildman–Crippen LogP) is 3.11. The van der Waals surface area contributed by atoms with E-state index in [4.69, 9.17) is 9.47 Å². The highest BCUT2D eigenvalue weighted by Gasteiger charge is 2.11. The monoisotopic (exact) mass is 206 g/mol. The maximum Gasteiger partial charge on any atom is 0.122 e. The molecule has 0 aliphatic carbocycles. The van der Waals surface area contributed by atoms with E-state index in [1.54, 1.807) is 7.11 Å². The number of hydrogen-bond acceptors (Lipinski definition) is 2. The Labute approximate surface area is 91.2 Å². The standard InChI is InChI=1S/C13H18O2/c1-10(14-2)11-6-7-13-12(9-11)5-3-4-8-15-13/h6-7,9-10H,3-5,8H2,1-2H3. The Bertz CT molecular complexity index is 333. The third-order valence-electron chi connectivity index (χ3n) is 3.01. The first kappa shape index (κ1) is 10.5. The molecule has 0 amide bonds. The van der Waals surface area contributed by atoms with Crippen LogP contribution in [0.2, 0.25) is 0 Å². The molecule has 1 aliphatic heterocycles. The minimum Gasteiger partial charge on any atom is -0.493 e. The van der Waals surface area contributed by atoms with Crippen LogP contribution in [0.3, 0.4) is 0 Å². The molecule has 1 aliphatic rings. The Kier molecular flexibility index (Phi) is 3.27. The Morgan fingerprint density at radius 2 is 2.20 bits per heavy atom. The second-order valence-electron chi connectivity index (χ2n) is 4.05. The number of ether oxygens (including phenoxy) is 2. The first-order valence-electron chi connectivity index (χ1n) is 5.59. The van der Waals surface area contributed by atoms with E-state index in [1.165, 1.54) is 17.5 Å². The average Bonchev–Trinajstić information content (AvgIpc) is 2.51. The minimum absolute atomic E-state index is 0.165. The van der Waals surface area contributed by atoms with E-state index in [1.807, 2.05) is 0 Å². The Balaban J connectivity index is 2.27. The zero-order valence-electron chi connectivity index (χ0n) is 9.45. The number of benzene rings is 1. The van der Waals surface area contributed by atoms with Crippen LogP contribution in [-0.2, 0) is 11.2 Å². The van der Waals surface area contributed by atoms with Gasteiger partial charge in [-0.25, -0.2) is 0 Å². The topological polar surface area (TPSA) is 18.5 Å². The van der Waals surface area contributed by atoms with Crippen molar-refractivity contribution in [2.45, 2.75) is 32.3 Å².